The lowest BCUT2D eigenvalue weighted by atomic mass is 9.85. The first-order valence-corrected chi connectivity index (χ1v) is 11.8. The third kappa shape index (κ3) is 4.60. The fourth-order valence-electron chi connectivity index (χ4n) is 4.03. The van der Waals surface area contributed by atoms with E-state index in [1.54, 1.807) is 12.4 Å². The molecule has 0 aliphatic carbocycles. The third-order valence-electron chi connectivity index (χ3n) is 5.90. The minimum atomic E-state index is -0.0336. The zero-order chi connectivity index (χ0) is 23.8. The Kier molecular flexibility index (Phi) is 6.44. The van der Waals surface area contributed by atoms with E-state index < -0.39 is 0 Å². The van der Waals surface area contributed by atoms with Crippen molar-refractivity contribution in [2.75, 3.05) is 6.61 Å². The fourth-order valence-corrected chi connectivity index (χ4v) is 4.48. The number of aromatic amines is 1. The lowest BCUT2D eigenvalue weighted by molar-refractivity contribution is 0.313. The van der Waals surface area contributed by atoms with Crippen LogP contribution in [0.15, 0.2) is 36.7 Å². The van der Waals surface area contributed by atoms with Crippen LogP contribution in [0.25, 0.3) is 33.5 Å². The lowest BCUT2D eigenvalue weighted by Gasteiger charge is -2.22. The Bertz CT molecular complexity index is 1300. The molecule has 0 bridgehead atoms. The van der Waals surface area contributed by atoms with Crippen LogP contribution in [0.1, 0.15) is 57.2 Å². The largest absolute Gasteiger partial charge is 0.493 e. The molecule has 3 aromatic heterocycles. The first kappa shape index (κ1) is 23.2. The van der Waals surface area contributed by atoms with E-state index in [4.69, 9.17) is 21.3 Å². The highest BCUT2D eigenvalue weighted by Crippen LogP contribution is 2.39. The van der Waals surface area contributed by atoms with Gasteiger partial charge in [-0.3, -0.25) is 10.1 Å². The maximum Gasteiger partial charge on any atom is 0.133 e. The monoisotopic (exact) mass is 462 g/mol. The number of aromatic nitrogens is 4. The van der Waals surface area contributed by atoms with E-state index in [9.17, 15) is 0 Å². The zero-order valence-corrected chi connectivity index (χ0v) is 21.0. The zero-order valence-electron chi connectivity index (χ0n) is 20.2. The number of aryl methyl sites for hydroxylation is 2. The van der Waals surface area contributed by atoms with Crippen molar-refractivity contribution >= 4 is 22.5 Å². The number of halogens is 1. The molecule has 1 N–H and O–H groups in total. The summed E-state index contributed by atoms with van der Waals surface area (Å²) in [7, 11) is 0. The number of rotatable bonds is 6. The average molecular weight is 463 g/mol. The number of unbranched alkanes of at least 4 members (excludes halogenated alkanes) is 1. The van der Waals surface area contributed by atoms with Crippen LogP contribution in [0.3, 0.4) is 0 Å². The molecule has 5 nitrogen and oxygen atoms in total. The van der Waals surface area contributed by atoms with E-state index in [-0.39, 0.29) is 5.41 Å². The van der Waals surface area contributed by atoms with Crippen LogP contribution in [0.5, 0.6) is 5.75 Å². The van der Waals surface area contributed by atoms with Crippen LogP contribution in [-0.4, -0.2) is 26.8 Å². The third-order valence-corrected chi connectivity index (χ3v) is 6.22. The van der Waals surface area contributed by atoms with Gasteiger partial charge in [0.25, 0.3) is 0 Å². The molecular formula is C27H31ClN4O. The van der Waals surface area contributed by atoms with Gasteiger partial charge in [-0.1, -0.05) is 51.8 Å². The van der Waals surface area contributed by atoms with Crippen molar-refractivity contribution in [3.63, 3.8) is 0 Å². The normalized spacial score (nSPS) is 11.8. The van der Waals surface area contributed by atoms with Crippen molar-refractivity contribution in [3.05, 3.63) is 58.4 Å². The van der Waals surface area contributed by atoms with E-state index in [0.29, 0.717) is 6.61 Å². The fraction of sp³-hybridized carbons (Fsp3) is 0.370. The minimum absolute atomic E-state index is 0.0336. The number of pyridine rings is 2. The van der Waals surface area contributed by atoms with Gasteiger partial charge in [0, 0.05) is 22.8 Å². The van der Waals surface area contributed by atoms with Crippen LogP contribution in [0, 0.1) is 13.8 Å². The van der Waals surface area contributed by atoms with Gasteiger partial charge in [-0.2, -0.15) is 5.10 Å². The van der Waals surface area contributed by atoms with E-state index in [1.807, 2.05) is 25.1 Å². The molecule has 0 saturated carbocycles. The minimum Gasteiger partial charge on any atom is -0.493 e. The molecule has 6 heteroatoms. The van der Waals surface area contributed by atoms with Crippen LogP contribution in [0.4, 0.5) is 0 Å². The van der Waals surface area contributed by atoms with Gasteiger partial charge in [0.2, 0.25) is 0 Å². The summed E-state index contributed by atoms with van der Waals surface area (Å²) in [6.45, 7) is 13.4. The van der Waals surface area contributed by atoms with Gasteiger partial charge in [0.15, 0.2) is 0 Å². The van der Waals surface area contributed by atoms with Gasteiger partial charge >= 0.3 is 0 Å². The van der Waals surface area contributed by atoms with Crippen LogP contribution < -0.4 is 4.74 Å². The van der Waals surface area contributed by atoms with Crippen LogP contribution in [-0.2, 0) is 5.41 Å². The number of nitrogens with one attached hydrogen (secondary N) is 1. The highest BCUT2D eigenvalue weighted by atomic mass is 35.5. The Morgan fingerprint density at radius 1 is 1.09 bits per heavy atom. The van der Waals surface area contributed by atoms with Crippen molar-refractivity contribution in [2.24, 2.45) is 0 Å². The molecule has 0 aliphatic rings. The standard InChI is InChI=1S/C27H31ClN4O/c1-7-8-11-33-23-14-22(18-13-20(28)19(12-16(18)2)27(4,5)6)31-21-9-10-29-26(24(21)23)25-17(3)15-30-32-25/h9-10,12-15H,7-8,11H2,1-6H3,(H,30,32). The smallest absolute Gasteiger partial charge is 0.133 e. The topological polar surface area (TPSA) is 63.7 Å². The van der Waals surface area contributed by atoms with Gasteiger partial charge in [-0.25, -0.2) is 4.98 Å². The van der Waals surface area contributed by atoms with Crippen molar-refractivity contribution in [1.82, 2.24) is 20.2 Å². The molecule has 0 spiro atoms. The molecule has 172 valence electrons. The molecule has 0 unspecified atom stereocenters. The lowest BCUT2D eigenvalue weighted by Crippen LogP contribution is -2.12. The predicted octanol–water partition coefficient (Wildman–Crippen LogP) is 7.43. The van der Waals surface area contributed by atoms with Crippen molar-refractivity contribution in [2.45, 2.75) is 59.8 Å². The summed E-state index contributed by atoms with van der Waals surface area (Å²) >= 11 is 6.73. The van der Waals surface area contributed by atoms with Crippen molar-refractivity contribution in [1.29, 1.82) is 0 Å². The summed E-state index contributed by atoms with van der Waals surface area (Å²) in [5.41, 5.74) is 7.61. The summed E-state index contributed by atoms with van der Waals surface area (Å²) < 4.78 is 6.30. The number of benzene rings is 1. The second-order valence-corrected chi connectivity index (χ2v) is 9.99. The molecule has 0 atom stereocenters. The van der Waals surface area contributed by atoms with Crippen molar-refractivity contribution in [3.8, 4) is 28.4 Å². The molecule has 4 aromatic rings. The number of fused-ring (bicyclic) bond motifs is 1. The van der Waals surface area contributed by atoms with E-state index >= 15 is 0 Å². The first-order valence-electron chi connectivity index (χ1n) is 11.4. The molecule has 0 fully saturated rings. The number of hydrogen-bond acceptors (Lipinski definition) is 4. The van der Waals surface area contributed by atoms with Gasteiger partial charge in [0.05, 0.1) is 35.1 Å². The Morgan fingerprint density at radius 2 is 1.88 bits per heavy atom. The number of nitrogens with zero attached hydrogens (tertiary/aromatic N) is 3. The molecule has 33 heavy (non-hydrogen) atoms. The number of hydrogen-bond donors (Lipinski definition) is 1. The quantitative estimate of drug-likeness (QED) is 0.302. The van der Waals surface area contributed by atoms with Gasteiger partial charge in [0.1, 0.15) is 11.4 Å². The summed E-state index contributed by atoms with van der Waals surface area (Å²) in [4.78, 5) is 9.67. The molecule has 3 heterocycles. The Balaban J connectivity index is 1.93. The summed E-state index contributed by atoms with van der Waals surface area (Å²) in [5.74, 6) is 0.774. The molecule has 4 rings (SSSR count). The van der Waals surface area contributed by atoms with Gasteiger partial charge in [-0.15, -0.1) is 0 Å². The maximum atomic E-state index is 6.73. The molecule has 0 saturated heterocycles. The van der Waals surface area contributed by atoms with E-state index in [0.717, 1.165) is 73.9 Å². The van der Waals surface area contributed by atoms with E-state index in [1.165, 1.54) is 0 Å². The highest BCUT2D eigenvalue weighted by molar-refractivity contribution is 6.31. The second kappa shape index (κ2) is 9.14. The Labute approximate surface area is 200 Å². The summed E-state index contributed by atoms with van der Waals surface area (Å²) in [6, 6.07) is 8.15. The first-order chi connectivity index (χ1) is 15.7. The Hall–Kier alpha value is -2.92. The van der Waals surface area contributed by atoms with Gasteiger partial charge < -0.3 is 4.74 Å². The second-order valence-electron chi connectivity index (χ2n) is 9.59. The highest BCUT2D eigenvalue weighted by Gasteiger charge is 2.21. The molecule has 0 amide bonds. The average Bonchev–Trinajstić information content (AvgIpc) is 3.19. The maximum absolute atomic E-state index is 6.73. The van der Waals surface area contributed by atoms with Crippen LogP contribution >= 0.6 is 11.6 Å². The molecular weight excluding hydrogens is 432 g/mol. The summed E-state index contributed by atoms with van der Waals surface area (Å²) in [6.07, 6.45) is 5.62. The molecule has 0 aliphatic heterocycles. The van der Waals surface area contributed by atoms with E-state index in [2.05, 4.69) is 55.9 Å². The number of H-pyrrole nitrogens is 1. The van der Waals surface area contributed by atoms with Gasteiger partial charge in [-0.05, 0) is 54.5 Å². The van der Waals surface area contributed by atoms with Crippen molar-refractivity contribution < 1.29 is 4.74 Å². The molecule has 1 aromatic carbocycles. The summed E-state index contributed by atoms with van der Waals surface area (Å²) in [5, 5.41) is 8.90. The Morgan fingerprint density at radius 3 is 2.55 bits per heavy atom. The molecule has 0 radical (unpaired) electrons. The SMILES string of the molecule is CCCCOc1cc(-c2cc(Cl)c(C(C)(C)C)cc2C)nc2ccnc(-c3[nH]ncc3C)c12. The predicted molar refractivity (Wildman–Crippen MR) is 136 cm³/mol. The number of ether oxygens (including phenoxy) is 1. The van der Waals surface area contributed by atoms with Crippen LogP contribution in [0.2, 0.25) is 5.02 Å².